The third kappa shape index (κ3) is 9.90. The Morgan fingerprint density at radius 3 is 1.58 bits per heavy atom. The number of fused-ring (bicyclic) bond motifs is 2. The third-order valence-electron chi connectivity index (χ3n) is 9.23. The SMILES string of the molecule is C.CCC1C(=O)N(C)c2cnc(Cl)nc2N1c1cccc(-c2cncnc2)c1.CCC1C(=O)N(C)c2cnc(Cl)nc2N1c1cccc(I)c1.OB(O)c1cncnc1. The Kier molecular flexibility index (Phi) is 15.2. The zero-order valence-electron chi connectivity index (χ0n) is 31.6. The van der Waals surface area contributed by atoms with E-state index in [4.69, 9.17) is 33.2 Å². The number of benzene rings is 2. The van der Waals surface area contributed by atoms with Crippen molar-refractivity contribution in [2.75, 3.05) is 33.7 Å². The zero-order chi connectivity index (χ0) is 41.5. The van der Waals surface area contributed by atoms with Gasteiger partial charge in [-0.15, -0.1) is 0 Å². The highest BCUT2D eigenvalue weighted by molar-refractivity contribution is 14.1. The summed E-state index contributed by atoms with van der Waals surface area (Å²) in [5.74, 6) is 1.30. The van der Waals surface area contributed by atoms with Gasteiger partial charge in [-0.05, 0) is 94.5 Å². The lowest BCUT2D eigenvalue weighted by atomic mass is 9.83. The number of nitrogens with zero attached hydrogens (tertiary/aromatic N) is 12. The maximum atomic E-state index is 12.9. The average Bonchev–Trinajstić information content (AvgIpc) is 3.24. The molecular weight excluding hydrogens is 909 g/mol. The van der Waals surface area contributed by atoms with Gasteiger partial charge in [0.05, 0.1) is 12.4 Å². The van der Waals surface area contributed by atoms with Gasteiger partial charge in [-0.2, -0.15) is 9.97 Å². The number of likely N-dealkylation sites (N-methyl/N-ethyl adjacent to an activating group) is 2. The summed E-state index contributed by atoms with van der Waals surface area (Å²) in [4.78, 5) is 64.8. The number of hydrogen-bond donors (Lipinski definition) is 2. The fourth-order valence-electron chi connectivity index (χ4n) is 6.39. The lowest BCUT2D eigenvalue weighted by Crippen LogP contribution is -2.50. The Labute approximate surface area is 365 Å². The maximum Gasteiger partial charge on any atom is 0.491 e. The monoisotopic (exact) mass is 948 g/mol. The molecule has 6 heterocycles. The van der Waals surface area contributed by atoms with Gasteiger partial charge in [-0.25, -0.2) is 29.9 Å². The highest BCUT2D eigenvalue weighted by Gasteiger charge is 2.39. The van der Waals surface area contributed by atoms with E-state index in [9.17, 15) is 9.59 Å². The van der Waals surface area contributed by atoms with E-state index in [1.165, 1.54) is 25.0 Å². The molecule has 2 aliphatic rings. The minimum Gasteiger partial charge on any atom is -0.423 e. The molecule has 0 spiro atoms. The van der Waals surface area contributed by atoms with Gasteiger partial charge in [-0.3, -0.25) is 9.59 Å². The van der Waals surface area contributed by atoms with E-state index in [0.717, 1.165) is 26.1 Å². The summed E-state index contributed by atoms with van der Waals surface area (Å²) in [5.41, 5.74) is 5.22. The van der Waals surface area contributed by atoms with Crippen molar-refractivity contribution in [1.82, 2.24) is 39.9 Å². The van der Waals surface area contributed by atoms with Crippen molar-refractivity contribution < 1.29 is 19.6 Å². The molecule has 2 unspecified atom stereocenters. The second kappa shape index (κ2) is 20.0. The van der Waals surface area contributed by atoms with Crippen LogP contribution in [-0.4, -0.2) is 95.0 Å². The summed E-state index contributed by atoms with van der Waals surface area (Å²) in [6, 6.07) is 15.2. The summed E-state index contributed by atoms with van der Waals surface area (Å²) in [6.07, 6.45) is 13.5. The van der Waals surface area contributed by atoms with Crippen LogP contribution in [0.4, 0.5) is 34.4 Å². The molecule has 2 amide bonds. The molecule has 2 atom stereocenters. The molecule has 6 aromatic rings. The third-order valence-corrected chi connectivity index (χ3v) is 10.3. The Morgan fingerprint density at radius 2 is 1.14 bits per heavy atom. The molecule has 304 valence electrons. The van der Waals surface area contributed by atoms with Crippen molar-refractivity contribution in [3.8, 4) is 11.1 Å². The van der Waals surface area contributed by atoms with Crippen LogP contribution in [-0.2, 0) is 9.59 Å². The van der Waals surface area contributed by atoms with Crippen molar-refractivity contribution in [2.24, 2.45) is 0 Å². The molecule has 8 rings (SSSR count). The van der Waals surface area contributed by atoms with Gasteiger partial charge in [-0.1, -0.05) is 39.5 Å². The number of halogens is 3. The molecule has 16 nitrogen and oxygen atoms in total. The van der Waals surface area contributed by atoms with Crippen molar-refractivity contribution in [3.05, 3.63) is 113 Å². The van der Waals surface area contributed by atoms with Crippen LogP contribution in [0.1, 0.15) is 34.1 Å². The fourth-order valence-corrected chi connectivity index (χ4v) is 7.18. The van der Waals surface area contributed by atoms with Crippen LogP contribution in [0.3, 0.4) is 0 Å². The number of rotatable bonds is 6. The smallest absolute Gasteiger partial charge is 0.423 e. The van der Waals surface area contributed by atoms with E-state index in [2.05, 4.69) is 62.5 Å². The van der Waals surface area contributed by atoms with Crippen molar-refractivity contribution in [1.29, 1.82) is 0 Å². The molecule has 0 aliphatic carbocycles. The van der Waals surface area contributed by atoms with Crippen LogP contribution in [0.15, 0.2) is 98.4 Å². The molecule has 2 aromatic carbocycles. The molecule has 0 radical (unpaired) electrons. The zero-order valence-corrected chi connectivity index (χ0v) is 35.3. The first-order valence-corrected chi connectivity index (χ1v) is 19.7. The molecule has 4 aromatic heterocycles. The van der Waals surface area contributed by atoms with Gasteiger partial charge in [0.15, 0.2) is 11.6 Å². The first-order chi connectivity index (χ1) is 27.9. The van der Waals surface area contributed by atoms with E-state index in [1.807, 2.05) is 72.2 Å². The van der Waals surface area contributed by atoms with Gasteiger partial charge in [0, 0.05) is 64.9 Å². The highest BCUT2D eigenvalue weighted by Crippen LogP contribution is 2.42. The predicted molar refractivity (Wildman–Crippen MR) is 239 cm³/mol. The van der Waals surface area contributed by atoms with Crippen molar-refractivity contribution in [2.45, 2.75) is 46.2 Å². The molecular formula is C39H40BCl2IN12O4. The molecule has 2 N–H and O–H groups in total. The fraction of sp³-hybridized carbons (Fsp3) is 0.231. The van der Waals surface area contributed by atoms with E-state index >= 15 is 0 Å². The summed E-state index contributed by atoms with van der Waals surface area (Å²) in [6.45, 7) is 3.97. The van der Waals surface area contributed by atoms with Crippen LogP contribution in [0.5, 0.6) is 0 Å². The number of anilines is 6. The molecule has 0 fully saturated rings. The standard InChI is InChI=1S/C19H17ClN6O.C15H14ClIN4O.C4H5BN2O2.CH4/c1-3-15-18(27)25(2)16-10-23-19(20)24-17(16)26(15)14-6-4-5-12(7-14)13-8-21-11-22-9-13;1-3-11-14(22)20(2)12-8-18-15(16)19-13(12)21(11)10-6-4-5-9(17)7-10;8-5(9)4-1-6-3-7-2-4;/h4-11,15H,3H2,1-2H3;4-8,11H,3H2,1-2H3;1-3,8-9H;1H4. The summed E-state index contributed by atoms with van der Waals surface area (Å²) < 4.78 is 1.10. The lowest BCUT2D eigenvalue weighted by molar-refractivity contribution is -0.120. The molecule has 59 heavy (non-hydrogen) atoms. The second-order valence-corrected chi connectivity index (χ2v) is 14.7. The first-order valence-electron chi connectivity index (χ1n) is 17.8. The number of carbonyl (C=O) groups excluding carboxylic acids is 2. The topological polar surface area (TPSA) is 191 Å². The second-order valence-electron chi connectivity index (χ2n) is 12.8. The van der Waals surface area contributed by atoms with Crippen molar-refractivity contribution >= 4 is 105 Å². The lowest BCUT2D eigenvalue weighted by Gasteiger charge is -2.40. The van der Waals surface area contributed by atoms with Gasteiger partial charge >= 0.3 is 7.12 Å². The van der Waals surface area contributed by atoms with Gasteiger partial charge in [0.2, 0.25) is 22.4 Å². The highest BCUT2D eigenvalue weighted by atomic mass is 127. The Hall–Kier alpha value is -5.41. The Bertz CT molecular complexity index is 2390. The van der Waals surface area contributed by atoms with Gasteiger partial charge in [0.25, 0.3) is 0 Å². The maximum absolute atomic E-state index is 12.9. The van der Waals surface area contributed by atoms with Gasteiger partial charge in [0.1, 0.15) is 36.1 Å². The molecule has 0 saturated carbocycles. The minimum absolute atomic E-state index is 0. The Balaban J connectivity index is 0.000000185. The molecule has 0 saturated heterocycles. The normalized spacial score (nSPS) is 15.5. The molecule has 20 heteroatoms. The minimum atomic E-state index is -1.47. The average molecular weight is 949 g/mol. The molecule has 2 aliphatic heterocycles. The largest absolute Gasteiger partial charge is 0.491 e. The van der Waals surface area contributed by atoms with Crippen LogP contribution >= 0.6 is 45.8 Å². The molecule has 0 bridgehead atoms. The summed E-state index contributed by atoms with van der Waals surface area (Å²) >= 11 is 14.3. The van der Waals surface area contributed by atoms with Crippen LogP contribution in [0.25, 0.3) is 11.1 Å². The van der Waals surface area contributed by atoms with Crippen molar-refractivity contribution in [3.63, 3.8) is 0 Å². The summed E-state index contributed by atoms with van der Waals surface area (Å²) in [7, 11) is 2.01. The summed E-state index contributed by atoms with van der Waals surface area (Å²) in [5, 5.41) is 17.3. The number of hydrogen-bond acceptors (Lipinski definition) is 14. The number of amides is 2. The number of aromatic nitrogens is 8. The van der Waals surface area contributed by atoms with E-state index in [1.54, 1.807) is 48.7 Å². The Morgan fingerprint density at radius 1 is 0.678 bits per heavy atom. The van der Waals surface area contributed by atoms with Crippen LogP contribution in [0.2, 0.25) is 10.6 Å². The first kappa shape index (κ1) is 44.7. The quantitative estimate of drug-likeness (QED) is 0.114. The number of carbonyl (C=O) groups is 2. The predicted octanol–water partition coefficient (Wildman–Crippen LogP) is 5.90. The van der Waals surface area contributed by atoms with E-state index < -0.39 is 7.12 Å². The van der Waals surface area contributed by atoms with Crippen LogP contribution < -0.4 is 25.1 Å². The van der Waals surface area contributed by atoms with E-state index in [0.29, 0.717) is 41.3 Å². The van der Waals surface area contributed by atoms with Crippen LogP contribution in [0, 0.1) is 3.57 Å². The van der Waals surface area contributed by atoms with Gasteiger partial charge < -0.3 is 29.6 Å². The van der Waals surface area contributed by atoms with E-state index in [-0.39, 0.29) is 41.9 Å².